The van der Waals surface area contributed by atoms with Crippen LogP contribution in [0.2, 0.25) is 0 Å². The number of fused-ring (bicyclic) bond motifs is 3. The molecule has 2 heterocycles. The first-order valence-corrected chi connectivity index (χ1v) is 9.80. The van der Waals surface area contributed by atoms with Crippen LogP contribution in [-0.4, -0.2) is 22.0 Å². The van der Waals surface area contributed by atoms with Gasteiger partial charge < -0.3 is 10.3 Å². The molecule has 1 aromatic heterocycles. The number of Topliss-reactive ketones (excluding diaryl/α,β-unsaturated/α-hetero) is 1. The first kappa shape index (κ1) is 16.1. The van der Waals surface area contributed by atoms with Crippen molar-refractivity contribution in [2.45, 2.75) is 11.1 Å². The van der Waals surface area contributed by atoms with Crippen LogP contribution in [0.1, 0.15) is 33.0 Å². The quantitative estimate of drug-likeness (QED) is 0.530. The van der Waals surface area contributed by atoms with Crippen LogP contribution in [0.5, 0.6) is 0 Å². The van der Waals surface area contributed by atoms with E-state index in [4.69, 9.17) is 0 Å². The minimum absolute atomic E-state index is 0.0408. The summed E-state index contributed by atoms with van der Waals surface area (Å²) in [5.41, 5.74) is 4.04. The number of nitrogens with zero attached hydrogens (tertiary/aromatic N) is 1. The Balaban J connectivity index is 1.82. The minimum Gasteiger partial charge on any atom is -0.339 e. The largest absolute Gasteiger partial charge is 0.339 e. The summed E-state index contributed by atoms with van der Waals surface area (Å²) in [4.78, 5) is 33.5. The normalized spacial score (nSPS) is 17.2. The highest BCUT2D eigenvalue weighted by atomic mass is 32.2. The maximum atomic E-state index is 13.2. The first-order chi connectivity index (χ1) is 13.2. The predicted molar refractivity (Wildman–Crippen MR) is 106 cm³/mol. The number of hydrogen-bond acceptors (Lipinski definition) is 5. The van der Waals surface area contributed by atoms with Gasteiger partial charge in [0.1, 0.15) is 5.82 Å². The molecule has 1 atom stereocenters. The minimum atomic E-state index is -0.454. The average Bonchev–Trinajstić information content (AvgIpc) is 2.99. The molecule has 0 saturated carbocycles. The number of H-pyrrole nitrogens is 1. The van der Waals surface area contributed by atoms with Gasteiger partial charge in [-0.1, -0.05) is 66.4 Å². The van der Waals surface area contributed by atoms with Crippen LogP contribution in [0.15, 0.2) is 70.1 Å². The molecule has 27 heavy (non-hydrogen) atoms. The van der Waals surface area contributed by atoms with Crippen LogP contribution < -0.4 is 10.9 Å². The Morgan fingerprint density at radius 2 is 1.67 bits per heavy atom. The maximum Gasteiger partial charge on any atom is 0.257 e. The molecule has 5 rings (SSSR count). The summed E-state index contributed by atoms with van der Waals surface area (Å²) in [5.74, 6) is 0.0191. The van der Waals surface area contributed by atoms with Crippen molar-refractivity contribution in [2.75, 3.05) is 11.6 Å². The summed E-state index contributed by atoms with van der Waals surface area (Å²) in [5, 5.41) is 3.82. The van der Waals surface area contributed by atoms with Crippen molar-refractivity contribution in [2.24, 2.45) is 0 Å². The van der Waals surface area contributed by atoms with E-state index in [2.05, 4.69) is 15.3 Å². The van der Waals surface area contributed by atoms with Crippen molar-refractivity contribution >= 4 is 29.1 Å². The second-order valence-corrected chi connectivity index (χ2v) is 7.26. The highest BCUT2D eigenvalue weighted by Crippen LogP contribution is 2.47. The zero-order valence-electron chi connectivity index (χ0n) is 14.4. The molecular weight excluding hydrogens is 358 g/mol. The highest BCUT2D eigenvalue weighted by molar-refractivity contribution is 7.98. The Morgan fingerprint density at radius 1 is 0.963 bits per heavy atom. The zero-order valence-corrected chi connectivity index (χ0v) is 15.3. The van der Waals surface area contributed by atoms with Crippen molar-refractivity contribution in [1.29, 1.82) is 0 Å². The van der Waals surface area contributed by atoms with Crippen LogP contribution in [0.3, 0.4) is 0 Å². The fraction of sp³-hybridized carbons (Fsp3) is 0.0952. The van der Waals surface area contributed by atoms with E-state index in [1.54, 1.807) is 0 Å². The molecule has 0 saturated heterocycles. The lowest BCUT2D eigenvalue weighted by molar-refractivity contribution is 0.103. The lowest BCUT2D eigenvalue weighted by atomic mass is 9.82. The van der Waals surface area contributed by atoms with Gasteiger partial charge in [0.05, 0.1) is 11.3 Å². The van der Waals surface area contributed by atoms with E-state index in [1.165, 1.54) is 11.8 Å². The van der Waals surface area contributed by atoms with Gasteiger partial charge in [-0.3, -0.25) is 9.59 Å². The average molecular weight is 373 g/mol. The summed E-state index contributed by atoms with van der Waals surface area (Å²) >= 11 is 1.37. The number of carbonyl (C=O) groups is 1. The van der Waals surface area contributed by atoms with E-state index in [0.717, 1.165) is 16.8 Å². The molecule has 0 radical (unpaired) electrons. The molecule has 3 aromatic rings. The van der Waals surface area contributed by atoms with Gasteiger partial charge in [0.15, 0.2) is 10.9 Å². The molecule has 0 amide bonds. The third kappa shape index (κ3) is 2.30. The zero-order chi connectivity index (χ0) is 18.5. The van der Waals surface area contributed by atoms with E-state index < -0.39 is 5.92 Å². The summed E-state index contributed by atoms with van der Waals surface area (Å²) in [6.07, 6.45) is 1.86. The van der Waals surface area contributed by atoms with Crippen molar-refractivity contribution in [3.05, 3.63) is 92.8 Å². The number of anilines is 1. The molecule has 2 N–H and O–H groups in total. The SMILES string of the molecule is CSc1nc2c(c(=O)[nH]1)[C@@H](c1ccccc1)C1=C(N2)c2ccccc2C1=O. The molecule has 2 aliphatic rings. The molecular formula is C21H15N3O2S. The molecule has 132 valence electrons. The number of nitrogens with one attached hydrogen (secondary N) is 2. The summed E-state index contributed by atoms with van der Waals surface area (Å²) in [6.45, 7) is 0. The summed E-state index contributed by atoms with van der Waals surface area (Å²) in [6, 6.07) is 17.2. The number of ketones is 1. The maximum absolute atomic E-state index is 13.2. The van der Waals surface area contributed by atoms with Crippen molar-refractivity contribution in [1.82, 2.24) is 9.97 Å². The second-order valence-electron chi connectivity index (χ2n) is 6.47. The number of benzene rings is 2. The van der Waals surface area contributed by atoms with Crippen LogP contribution in [0.4, 0.5) is 5.82 Å². The molecule has 5 nitrogen and oxygen atoms in total. The van der Waals surface area contributed by atoms with Crippen LogP contribution in [0.25, 0.3) is 5.70 Å². The number of aromatic amines is 1. The van der Waals surface area contributed by atoms with Gasteiger partial charge in [0.25, 0.3) is 5.56 Å². The van der Waals surface area contributed by atoms with Crippen molar-refractivity contribution in [3.8, 4) is 0 Å². The van der Waals surface area contributed by atoms with Gasteiger partial charge in [-0.15, -0.1) is 0 Å². The van der Waals surface area contributed by atoms with Gasteiger partial charge >= 0.3 is 0 Å². The van der Waals surface area contributed by atoms with Gasteiger partial charge in [0.2, 0.25) is 0 Å². The fourth-order valence-electron chi connectivity index (χ4n) is 3.88. The lowest BCUT2D eigenvalue weighted by Crippen LogP contribution is -2.28. The van der Waals surface area contributed by atoms with Gasteiger partial charge in [0, 0.05) is 22.6 Å². The molecule has 2 aromatic carbocycles. The van der Waals surface area contributed by atoms with Crippen molar-refractivity contribution < 1.29 is 4.79 Å². The lowest BCUT2D eigenvalue weighted by Gasteiger charge is -2.27. The van der Waals surface area contributed by atoms with Gasteiger partial charge in [-0.25, -0.2) is 4.98 Å². The molecule has 0 bridgehead atoms. The van der Waals surface area contributed by atoms with E-state index >= 15 is 0 Å². The molecule has 6 heteroatoms. The Labute approximate surface area is 159 Å². The van der Waals surface area contributed by atoms with Gasteiger partial charge in [-0.05, 0) is 11.8 Å². The number of rotatable bonds is 2. The van der Waals surface area contributed by atoms with Crippen LogP contribution in [0, 0.1) is 0 Å². The Morgan fingerprint density at radius 3 is 2.41 bits per heavy atom. The number of hydrogen-bond donors (Lipinski definition) is 2. The topological polar surface area (TPSA) is 74.8 Å². The summed E-state index contributed by atoms with van der Waals surface area (Å²) in [7, 11) is 0. The van der Waals surface area contributed by atoms with E-state index in [0.29, 0.717) is 27.7 Å². The molecule has 1 aliphatic carbocycles. The predicted octanol–water partition coefficient (Wildman–Crippen LogP) is 3.66. The van der Waals surface area contributed by atoms with Crippen LogP contribution >= 0.6 is 11.8 Å². The molecule has 0 unspecified atom stereocenters. The monoisotopic (exact) mass is 373 g/mol. The first-order valence-electron chi connectivity index (χ1n) is 8.57. The number of aromatic nitrogens is 2. The third-order valence-corrected chi connectivity index (χ3v) is 5.62. The Kier molecular flexibility index (Phi) is 3.55. The number of allylic oxidation sites excluding steroid dienone is 1. The van der Waals surface area contributed by atoms with Gasteiger partial charge in [-0.2, -0.15) is 0 Å². The Hall–Kier alpha value is -3.12. The fourth-order valence-corrected chi connectivity index (χ4v) is 4.25. The highest BCUT2D eigenvalue weighted by Gasteiger charge is 2.41. The number of thioether (sulfide) groups is 1. The smallest absolute Gasteiger partial charge is 0.257 e. The molecule has 1 aliphatic heterocycles. The van der Waals surface area contributed by atoms with Crippen LogP contribution in [-0.2, 0) is 0 Å². The number of carbonyl (C=O) groups excluding carboxylic acids is 1. The second kappa shape index (κ2) is 5.96. The third-order valence-electron chi connectivity index (χ3n) is 5.04. The van der Waals surface area contributed by atoms with E-state index in [1.807, 2.05) is 60.9 Å². The Bertz CT molecular complexity index is 1180. The van der Waals surface area contributed by atoms with E-state index in [9.17, 15) is 9.59 Å². The standard InChI is InChI=1S/C21H15N3O2S/c1-27-21-23-19-16(20(26)24-21)14(11-7-3-2-4-8-11)15-17(22-19)12-9-5-6-10-13(12)18(15)25/h2-10,14H,1H3,(H2,22,23,24,26)/t14-/m0/s1. The molecule has 0 spiro atoms. The summed E-state index contributed by atoms with van der Waals surface area (Å²) < 4.78 is 0. The van der Waals surface area contributed by atoms with E-state index in [-0.39, 0.29) is 11.3 Å². The molecule has 0 fully saturated rings. The van der Waals surface area contributed by atoms with Crippen molar-refractivity contribution in [3.63, 3.8) is 0 Å².